The zero-order valence-corrected chi connectivity index (χ0v) is 13.2. The van der Waals surface area contributed by atoms with Crippen LogP contribution in [0, 0.1) is 6.92 Å². The highest BCUT2D eigenvalue weighted by atomic mass is 32.1. The second-order valence-electron chi connectivity index (χ2n) is 5.91. The Morgan fingerprint density at radius 1 is 1.20 bits per heavy atom. The first kappa shape index (κ1) is 13.8. The third kappa shape index (κ3) is 2.79. The highest BCUT2D eigenvalue weighted by Crippen LogP contribution is 2.30. The molecule has 1 N–H and O–H groups in total. The Hall–Kier alpha value is -1.20. The molecule has 4 nitrogen and oxygen atoms in total. The summed E-state index contributed by atoms with van der Waals surface area (Å²) in [5.41, 5.74) is 0. The van der Waals surface area contributed by atoms with Crippen molar-refractivity contribution >= 4 is 27.4 Å². The lowest BCUT2D eigenvalue weighted by molar-refractivity contribution is 0.221. The Bertz CT molecular complexity index is 585. The number of thiophene rings is 1. The van der Waals surface area contributed by atoms with Crippen LogP contribution < -0.4 is 5.32 Å². The quantitative estimate of drug-likeness (QED) is 0.942. The molecule has 5 heteroatoms. The molecule has 0 aliphatic heterocycles. The van der Waals surface area contributed by atoms with Gasteiger partial charge in [-0.3, -0.25) is 0 Å². The minimum absolute atomic E-state index is 0.546. The van der Waals surface area contributed by atoms with E-state index in [1.165, 1.54) is 35.9 Å². The van der Waals surface area contributed by atoms with Gasteiger partial charge in [-0.25, -0.2) is 9.97 Å². The van der Waals surface area contributed by atoms with Gasteiger partial charge in [0, 0.05) is 17.0 Å². The molecular formula is C15H22N4S. The summed E-state index contributed by atoms with van der Waals surface area (Å²) in [5.74, 6) is 1.01. The smallest absolute Gasteiger partial charge is 0.138 e. The van der Waals surface area contributed by atoms with Gasteiger partial charge in [-0.2, -0.15) is 0 Å². The van der Waals surface area contributed by atoms with Gasteiger partial charge in [0.15, 0.2) is 0 Å². The van der Waals surface area contributed by atoms with Crippen LogP contribution in [0.4, 0.5) is 5.82 Å². The summed E-state index contributed by atoms with van der Waals surface area (Å²) in [4.78, 5) is 13.5. The number of anilines is 1. The van der Waals surface area contributed by atoms with Crippen LogP contribution in [0.15, 0.2) is 12.4 Å². The van der Waals surface area contributed by atoms with Crippen molar-refractivity contribution in [2.45, 2.75) is 44.7 Å². The fraction of sp³-hybridized carbons (Fsp3) is 0.600. The summed E-state index contributed by atoms with van der Waals surface area (Å²) in [7, 11) is 4.36. The highest BCUT2D eigenvalue weighted by molar-refractivity contribution is 7.18. The van der Waals surface area contributed by atoms with Crippen molar-refractivity contribution in [3.8, 4) is 0 Å². The van der Waals surface area contributed by atoms with Crippen molar-refractivity contribution < 1.29 is 0 Å². The van der Waals surface area contributed by atoms with Crippen LogP contribution in [0.5, 0.6) is 0 Å². The summed E-state index contributed by atoms with van der Waals surface area (Å²) >= 11 is 1.73. The number of aromatic nitrogens is 2. The molecule has 0 unspecified atom stereocenters. The van der Waals surface area contributed by atoms with E-state index in [4.69, 9.17) is 0 Å². The molecule has 20 heavy (non-hydrogen) atoms. The molecule has 1 fully saturated rings. The summed E-state index contributed by atoms with van der Waals surface area (Å²) in [5, 5.41) is 4.80. The van der Waals surface area contributed by atoms with Crippen molar-refractivity contribution in [2.75, 3.05) is 19.4 Å². The molecule has 0 radical (unpaired) electrons. The number of rotatable bonds is 3. The number of fused-ring (bicyclic) bond motifs is 1. The van der Waals surface area contributed by atoms with E-state index in [9.17, 15) is 0 Å². The molecule has 0 amide bonds. The predicted molar refractivity (Wildman–Crippen MR) is 85.5 cm³/mol. The van der Waals surface area contributed by atoms with Gasteiger partial charge in [-0.1, -0.05) is 0 Å². The fourth-order valence-corrected chi connectivity index (χ4v) is 3.87. The Labute approximate surface area is 124 Å². The molecule has 0 saturated heterocycles. The lowest BCUT2D eigenvalue weighted by Crippen LogP contribution is -2.36. The van der Waals surface area contributed by atoms with Crippen LogP contribution in [0.2, 0.25) is 0 Å². The van der Waals surface area contributed by atoms with Gasteiger partial charge in [0.1, 0.15) is 17.0 Å². The van der Waals surface area contributed by atoms with Crippen molar-refractivity contribution in [1.29, 1.82) is 0 Å². The van der Waals surface area contributed by atoms with Crippen molar-refractivity contribution in [3.05, 3.63) is 17.3 Å². The molecule has 1 saturated carbocycles. The number of aryl methyl sites for hydroxylation is 1. The minimum atomic E-state index is 0.546. The van der Waals surface area contributed by atoms with Crippen LogP contribution in [-0.4, -0.2) is 41.0 Å². The van der Waals surface area contributed by atoms with E-state index in [1.54, 1.807) is 17.7 Å². The van der Waals surface area contributed by atoms with E-state index in [-0.39, 0.29) is 0 Å². The van der Waals surface area contributed by atoms with E-state index in [0.717, 1.165) is 16.7 Å². The maximum absolute atomic E-state index is 4.44. The molecule has 2 aromatic rings. The molecule has 2 heterocycles. The molecular weight excluding hydrogens is 268 g/mol. The van der Waals surface area contributed by atoms with Crippen LogP contribution in [0.1, 0.15) is 30.6 Å². The van der Waals surface area contributed by atoms with Crippen LogP contribution in [0.25, 0.3) is 10.2 Å². The van der Waals surface area contributed by atoms with Crippen molar-refractivity contribution in [1.82, 2.24) is 14.9 Å². The van der Waals surface area contributed by atoms with Gasteiger partial charge < -0.3 is 10.2 Å². The van der Waals surface area contributed by atoms with Gasteiger partial charge in [-0.15, -0.1) is 11.3 Å². The van der Waals surface area contributed by atoms with E-state index >= 15 is 0 Å². The Morgan fingerprint density at radius 2 is 1.95 bits per heavy atom. The lowest BCUT2D eigenvalue weighted by Gasteiger charge is -2.33. The monoisotopic (exact) mass is 290 g/mol. The maximum atomic E-state index is 4.44. The SMILES string of the molecule is Cc1cc2c(NC3CCC(N(C)C)CC3)ncnc2s1. The van der Waals surface area contributed by atoms with Gasteiger partial charge in [0.25, 0.3) is 0 Å². The summed E-state index contributed by atoms with van der Waals surface area (Å²) < 4.78 is 0. The Morgan fingerprint density at radius 3 is 2.65 bits per heavy atom. The zero-order chi connectivity index (χ0) is 14.1. The normalized spacial score (nSPS) is 23.4. The van der Waals surface area contributed by atoms with Crippen molar-refractivity contribution in [2.24, 2.45) is 0 Å². The Balaban J connectivity index is 1.71. The van der Waals surface area contributed by atoms with Crippen LogP contribution in [0.3, 0.4) is 0 Å². The molecule has 1 aliphatic carbocycles. The molecule has 1 aliphatic rings. The second kappa shape index (κ2) is 5.66. The van der Waals surface area contributed by atoms with Gasteiger partial charge in [-0.05, 0) is 52.8 Å². The van der Waals surface area contributed by atoms with Crippen molar-refractivity contribution in [3.63, 3.8) is 0 Å². The number of hydrogen-bond donors (Lipinski definition) is 1. The molecule has 2 aromatic heterocycles. The third-order valence-electron chi connectivity index (χ3n) is 4.22. The van der Waals surface area contributed by atoms with Gasteiger partial charge in [0.05, 0.1) is 5.39 Å². The predicted octanol–water partition coefficient (Wildman–Crippen LogP) is 3.28. The van der Waals surface area contributed by atoms with Crippen LogP contribution in [-0.2, 0) is 0 Å². The second-order valence-corrected chi connectivity index (χ2v) is 7.15. The molecule has 0 spiro atoms. The summed E-state index contributed by atoms with van der Waals surface area (Å²) in [6.45, 7) is 2.12. The standard InChI is InChI=1S/C15H22N4S/c1-10-8-13-14(16-9-17-15(13)20-10)18-11-4-6-12(7-5-11)19(2)3/h8-9,11-12H,4-7H2,1-3H3,(H,16,17,18). The third-order valence-corrected chi connectivity index (χ3v) is 5.18. The molecule has 3 rings (SSSR count). The van der Waals surface area contributed by atoms with E-state index in [0.29, 0.717) is 6.04 Å². The van der Waals surface area contributed by atoms with E-state index in [2.05, 4.69) is 47.3 Å². The maximum Gasteiger partial charge on any atom is 0.138 e. The van der Waals surface area contributed by atoms with Gasteiger partial charge in [0.2, 0.25) is 0 Å². The fourth-order valence-electron chi connectivity index (χ4n) is 3.02. The first-order valence-electron chi connectivity index (χ1n) is 7.27. The molecule has 108 valence electrons. The largest absolute Gasteiger partial charge is 0.367 e. The Kier molecular flexibility index (Phi) is 3.89. The first-order valence-corrected chi connectivity index (χ1v) is 8.09. The molecule has 0 atom stereocenters. The minimum Gasteiger partial charge on any atom is -0.367 e. The summed E-state index contributed by atoms with van der Waals surface area (Å²) in [6.07, 6.45) is 6.64. The van der Waals surface area contributed by atoms with E-state index in [1.807, 2.05) is 0 Å². The summed E-state index contributed by atoms with van der Waals surface area (Å²) in [6, 6.07) is 3.47. The lowest BCUT2D eigenvalue weighted by atomic mass is 9.90. The number of hydrogen-bond acceptors (Lipinski definition) is 5. The number of nitrogens with zero attached hydrogens (tertiary/aromatic N) is 3. The zero-order valence-electron chi connectivity index (χ0n) is 12.4. The topological polar surface area (TPSA) is 41.0 Å². The molecule has 0 aromatic carbocycles. The van der Waals surface area contributed by atoms with Crippen LogP contribution >= 0.6 is 11.3 Å². The highest BCUT2D eigenvalue weighted by Gasteiger charge is 2.23. The first-order chi connectivity index (χ1) is 9.63. The molecule has 0 bridgehead atoms. The average molecular weight is 290 g/mol. The van der Waals surface area contributed by atoms with E-state index < -0.39 is 0 Å². The number of nitrogens with one attached hydrogen (secondary N) is 1. The van der Waals surface area contributed by atoms with Gasteiger partial charge >= 0.3 is 0 Å². The average Bonchev–Trinajstić information content (AvgIpc) is 2.81.